The van der Waals surface area contributed by atoms with Crippen LogP contribution in [0.3, 0.4) is 0 Å². The number of aromatic amines is 2. The minimum Gasteiger partial charge on any atom is -0.311 e. The van der Waals surface area contributed by atoms with E-state index in [2.05, 4.69) is 27.0 Å². The molecule has 0 spiro atoms. The Morgan fingerprint density at radius 1 is 1.20 bits per heavy atom. The Balaban J connectivity index is 1.89. The fourth-order valence-corrected chi connectivity index (χ4v) is 2.84. The van der Waals surface area contributed by atoms with Gasteiger partial charge in [0, 0.05) is 31.2 Å². The van der Waals surface area contributed by atoms with Crippen molar-refractivity contribution in [3.8, 4) is 0 Å². The molecule has 5 nitrogen and oxygen atoms in total. The van der Waals surface area contributed by atoms with E-state index >= 15 is 0 Å². The van der Waals surface area contributed by atoms with Crippen LogP contribution in [-0.4, -0.2) is 21.4 Å². The third-order valence-electron chi connectivity index (χ3n) is 3.73. The first-order valence-electron chi connectivity index (χ1n) is 6.75. The summed E-state index contributed by atoms with van der Waals surface area (Å²) in [5.41, 5.74) is 2.00. The number of rotatable bonds is 2. The number of fused-ring (bicyclic) bond motifs is 1. The van der Waals surface area contributed by atoms with Crippen molar-refractivity contribution in [2.45, 2.75) is 25.9 Å². The zero-order valence-corrected chi connectivity index (χ0v) is 11.3. The van der Waals surface area contributed by atoms with Gasteiger partial charge in [-0.15, -0.1) is 0 Å². The number of nitrogens with one attached hydrogen (secondary N) is 2. The SMILES string of the molecule is CC1CN(Cc2ccccc2)Cc2c1[nH]c(=O)[nH]c2=O. The zero-order valence-electron chi connectivity index (χ0n) is 11.3. The predicted molar refractivity (Wildman–Crippen MR) is 76.7 cm³/mol. The number of aromatic nitrogens is 2. The molecule has 0 radical (unpaired) electrons. The summed E-state index contributed by atoms with van der Waals surface area (Å²) in [6.45, 7) is 4.25. The minimum absolute atomic E-state index is 0.150. The van der Waals surface area contributed by atoms with Crippen LogP contribution < -0.4 is 11.2 Å². The van der Waals surface area contributed by atoms with Crippen molar-refractivity contribution in [3.63, 3.8) is 0 Å². The van der Waals surface area contributed by atoms with Gasteiger partial charge in [0.05, 0.1) is 5.56 Å². The van der Waals surface area contributed by atoms with Gasteiger partial charge >= 0.3 is 5.69 Å². The molecule has 1 aliphatic rings. The van der Waals surface area contributed by atoms with Crippen LogP contribution in [0.15, 0.2) is 39.9 Å². The molecule has 104 valence electrons. The van der Waals surface area contributed by atoms with Crippen molar-refractivity contribution >= 4 is 0 Å². The minimum atomic E-state index is -0.419. The van der Waals surface area contributed by atoms with E-state index in [0.717, 1.165) is 18.8 Å². The van der Waals surface area contributed by atoms with Crippen LogP contribution in [0, 0.1) is 0 Å². The number of H-pyrrole nitrogens is 2. The monoisotopic (exact) mass is 271 g/mol. The number of hydrogen-bond donors (Lipinski definition) is 2. The first-order chi connectivity index (χ1) is 9.63. The van der Waals surface area contributed by atoms with Crippen molar-refractivity contribution < 1.29 is 0 Å². The highest BCUT2D eigenvalue weighted by atomic mass is 16.2. The Labute approximate surface area is 116 Å². The van der Waals surface area contributed by atoms with E-state index in [0.29, 0.717) is 12.1 Å². The van der Waals surface area contributed by atoms with Crippen molar-refractivity contribution in [2.24, 2.45) is 0 Å². The lowest BCUT2D eigenvalue weighted by Gasteiger charge is -2.31. The molecular formula is C15H17N3O2. The van der Waals surface area contributed by atoms with Gasteiger partial charge in [-0.1, -0.05) is 37.3 Å². The van der Waals surface area contributed by atoms with Gasteiger partial charge in [0.25, 0.3) is 5.56 Å². The first kappa shape index (κ1) is 12.9. The van der Waals surface area contributed by atoms with E-state index in [9.17, 15) is 9.59 Å². The molecule has 0 bridgehead atoms. The summed E-state index contributed by atoms with van der Waals surface area (Å²) >= 11 is 0. The Bertz CT molecular complexity index is 718. The van der Waals surface area contributed by atoms with Crippen molar-refractivity contribution in [2.75, 3.05) is 6.54 Å². The highest BCUT2D eigenvalue weighted by Crippen LogP contribution is 2.24. The second kappa shape index (κ2) is 5.09. The average molecular weight is 271 g/mol. The molecule has 0 saturated carbocycles. The summed E-state index contributed by atoms with van der Waals surface area (Å²) < 4.78 is 0. The van der Waals surface area contributed by atoms with Crippen LogP contribution in [-0.2, 0) is 13.1 Å². The summed E-state index contributed by atoms with van der Waals surface area (Å²) in [4.78, 5) is 30.6. The molecule has 1 aliphatic heterocycles. The topological polar surface area (TPSA) is 69.0 Å². The van der Waals surface area contributed by atoms with Crippen LogP contribution in [0.2, 0.25) is 0 Å². The van der Waals surface area contributed by atoms with Crippen molar-refractivity contribution in [1.29, 1.82) is 0 Å². The fourth-order valence-electron chi connectivity index (χ4n) is 2.84. The van der Waals surface area contributed by atoms with Crippen LogP contribution >= 0.6 is 0 Å². The van der Waals surface area contributed by atoms with Crippen LogP contribution in [0.5, 0.6) is 0 Å². The highest BCUT2D eigenvalue weighted by molar-refractivity contribution is 5.24. The molecule has 0 aliphatic carbocycles. The molecule has 1 aromatic heterocycles. The maximum absolute atomic E-state index is 11.9. The quantitative estimate of drug-likeness (QED) is 0.862. The second-order valence-electron chi connectivity index (χ2n) is 5.36. The summed E-state index contributed by atoms with van der Waals surface area (Å²) in [5, 5.41) is 0. The maximum atomic E-state index is 11.9. The molecule has 20 heavy (non-hydrogen) atoms. The van der Waals surface area contributed by atoms with E-state index < -0.39 is 5.69 Å². The van der Waals surface area contributed by atoms with Gasteiger partial charge in [-0.2, -0.15) is 0 Å². The van der Waals surface area contributed by atoms with E-state index in [1.165, 1.54) is 5.56 Å². The molecular weight excluding hydrogens is 254 g/mol. The smallest absolute Gasteiger partial charge is 0.311 e. The number of nitrogens with zero attached hydrogens (tertiary/aromatic N) is 1. The van der Waals surface area contributed by atoms with Crippen LogP contribution in [0.4, 0.5) is 0 Å². The van der Waals surface area contributed by atoms with Crippen LogP contribution in [0.1, 0.15) is 29.7 Å². The molecule has 1 unspecified atom stereocenters. The summed E-state index contributed by atoms with van der Waals surface area (Å²) in [7, 11) is 0. The van der Waals surface area contributed by atoms with Crippen LogP contribution in [0.25, 0.3) is 0 Å². The maximum Gasteiger partial charge on any atom is 0.325 e. The van der Waals surface area contributed by atoms with Gasteiger partial charge in [-0.3, -0.25) is 14.7 Å². The molecule has 2 heterocycles. The molecule has 2 N–H and O–H groups in total. The first-order valence-corrected chi connectivity index (χ1v) is 6.75. The van der Waals surface area contributed by atoms with E-state index in [4.69, 9.17) is 0 Å². The van der Waals surface area contributed by atoms with E-state index in [1.54, 1.807) is 0 Å². The third kappa shape index (κ3) is 2.44. The average Bonchev–Trinajstić information content (AvgIpc) is 2.41. The fraction of sp³-hybridized carbons (Fsp3) is 0.333. The number of hydrogen-bond acceptors (Lipinski definition) is 3. The van der Waals surface area contributed by atoms with Gasteiger partial charge in [0.2, 0.25) is 0 Å². The molecule has 1 atom stereocenters. The van der Waals surface area contributed by atoms with E-state index in [-0.39, 0.29) is 11.5 Å². The van der Waals surface area contributed by atoms with Gasteiger partial charge in [-0.25, -0.2) is 4.79 Å². The molecule has 2 aromatic rings. The summed E-state index contributed by atoms with van der Waals surface area (Å²) in [6, 6.07) is 10.2. The van der Waals surface area contributed by atoms with Crippen molar-refractivity contribution in [1.82, 2.24) is 14.9 Å². The molecule has 0 fully saturated rings. The van der Waals surface area contributed by atoms with Gasteiger partial charge in [-0.05, 0) is 5.56 Å². The lowest BCUT2D eigenvalue weighted by atomic mass is 9.97. The molecule has 0 amide bonds. The van der Waals surface area contributed by atoms with Gasteiger partial charge in [0.15, 0.2) is 0 Å². The van der Waals surface area contributed by atoms with Gasteiger partial charge in [0.1, 0.15) is 0 Å². The van der Waals surface area contributed by atoms with Gasteiger partial charge < -0.3 is 4.98 Å². The summed E-state index contributed by atoms with van der Waals surface area (Å²) in [6.07, 6.45) is 0. The second-order valence-corrected chi connectivity index (χ2v) is 5.36. The molecule has 1 aromatic carbocycles. The summed E-state index contributed by atoms with van der Waals surface area (Å²) in [5.74, 6) is 0.150. The standard InChI is InChI=1S/C15H17N3O2/c1-10-7-18(8-11-5-3-2-4-6-11)9-12-13(10)16-15(20)17-14(12)19/h2-6,10H,7-9H2,1H3,(H2,16,17,19,20). The number of benzene rings is 1. The Morgan fingerprint density at radius 2 is 1.95 bits per heavy atom. The zero-order chi connectivity index (χ0) is 14.1. The molecule has 0 saturated heterocycles. The predicted octanol–water partition coefficient (Wildman–Crippen LogP) is 1.18. The Morgan fingerprint density at radius 3 is 2.70 bits per heavy atom. The normalized spacial score (nSPS) is 18.8. The van der Waals surface area contributed by atoms with E-state index in [1.807, 2.05) is 25.1 Å². The third-order valence-corrected chi connectivity index (χ3v) is 3.73. The largest absolute Gasteiger partial charge is 0.325 e. The van der Waals surface area contributed by atoms with Crippen molar-refractivity contribution in [3.05, 3.63) is 68.0 Å². The molecule has 3 rings (SSSR count). The molecule has 5 heteroatoms. The Kier molecular flexibility index (Phi) is 3.28. The lowest BCUT2D eigenvalue weighted by Crippen LogP contribution is -2.40. The highest BCUT2D eigenvalue weighted by Gasteiger charge is 2.25. The lowest BCUT2D eigenvalue weighted by molar-refractivity contribution is 0.222. The Hall–Kier alpha value is -2.14.